The minimum atomic E-state index is -3.52. The van der Waals surface area contributed by atoms with Crippen molar-refractivity contribution in [2.24, 2.45) is 0 Å². The minimum Gasteiger partial charge on any atom is -0.481 e. The summed E-state index contributed by atoms with van der Waals surface area (Å²) in [5, 5.41) is 11.2. The molecule has 2 N–H and O–H groups in total. The van der Waals surface area contributed by atoms with Gasteiger partial charge >= 0.3 is 5.97 Å². The van der Waals surface area contributed by atoms with E-state index in [-0.39, 0.29) is 6.42 Å². The summed E-state index contributed by atoms with van der Waals surface area (Å²) in [6.45, 7) is 4.68. The minimum absolute atomic E-state index is 0.103. The van der Waals surface area contributed by atoms with E-state index in [0.29, 0.717) is 17.2 Å². The smallest absolute Gasteiger partial charge is 0.304 e. The molecule has 0 atom stereocenters. The Bertz CT molecular complexity index is 693. The predicted octanol–water partition coefficient (Wildman–Crippen LogP) is 2.55. The number of sulfone groups is 1. The number of amides is 1. The van der Waals surface area contributed by atoms with Crippen molar-refractivity contribution in [3.63, 3.8) is 0 Å². The summed E-state index contributed by atoms with van der Waals surface area (Å²) in [6.07, 6.45) is 0.103. The van der Waals surface area contributed by atoms with E-state index in [2.05, 4.69) is 5.32 Å². The van der Waals surface area contributed by atoms with E-state index >= 15 is 0 Å². The van der Waals surface area contributed by atoms with Crippen LogP contribution in [0.3, 0.4) is 0 Å². The van der Waals surface area contributed by atoms with Crippen LogP contribution in [0.5, 0.6) is 0 Å². The van der Waals surface area contributed by atoms with Gasteiger partial charge in [0, 0.05) is 17.2 Å². The van der Waals surface area contributed by atoms with Gasteiger partial charge in [-0.2, -0.15) is 11.8 Å². The van der Waals surface area contributed by atoms with Gasteiger partial charge in [0.2, 0.25) is 5.91 Å². The quantitative estimate of drug-likeness (QED) is 0.679. The van der Waals surface area contributed by atoms with Crippen LogP contribution in [0.15, 0.2) is 24.3 Å². The molecule has 0 bridgehead atoms. The summed E-state index contributed by atoms with van der Waals surface area (Å²) in [4.78, 5) is 22.4. The molecule has 1 amide bonds. The number of carbonyl (C=O) groups is 2. The fourth-order valence-corrected chi connectivity index (χ4v) is 3.40. The molecule has 134 valence electrons. The average molecular weight is 373 g/mol. The molecule has 1 rings (SSSR count). The van der Waals surface area contributed by atoms with E-state index in [9.17, 15) is 18.0 Å². The summed E-state index contributed by atoms with van der Waals surface area (Å²) in [6, 6.07) is 7.08. The number of thioether (sulfide) groups is 1. The Morgan fingerprint density at radius 1 is 1.25 bits per heavy atom. The summed E-state index contributed by atoms with van der Waals surface area (Å²) >= 11 is 1.49. The van der Waals surface area contributed by atoms with Gasteiger partial charge in [0.15, 0.2) is 9.84 Å². The summed E-state index contributed by atoms with van der Waals surface area (Å²) < 4.78 is 23.1. The maximum Gasteiger partial charge on any atom is 0.304 e. The first kappa shape index (κ1) is 20.5. The summed E-state index contributed by atoms with van der Waals surface area (Å²) in [7, 11) is -3.52. The van der Waals surface area contributed by atoms with Crippen molar-refractivity contribution in [1.82, 2.24) is 0 Å². The highest BCUT2D eigenvalue weighted by Gasteiger charge is 2.31. The highest BCUT2D eigenvalue weighted by Crippen LogP contribution is 2.19. The van der Waals surface area contributed by atoms with Crippen molar-refractivity contribution < 1.29 is 23.1 Å². The Kier molecular flexibility index (Phi) is 7.28. The monoisotopic (exact) mass is 373 g/mol. The molecular formula is C16H23NO5S2. The van der Waals surface area contributed by atoms with Gasteiger partial charge in [0.05, 0.1) is 11.2 Å². The van der Waals surface area contributed by atoms with E-state index in [4.69, 9.17) is 5.11 Å². The molecule has 0 aliphatic rings. The zero-order valence-electron chi connectivity index (χ0n) is 14.0. The molecule has 0 spiro atoms. The van der Waals surface area contributed by atoms with Crippen LogP contribution < -0.4 is 5.32 Å². The maximum atomic E-state index is 12.0. The van der Waals surface area contributed by atoms with Gasteiger partial charge < -0.3 is 10.4 Å². The predicted molar refractivity (Wildman–Crippen MR) is 97.0 cm³/mol. The fraction of sp³-hybridized carbons (Fsp3) is 0.500. The number of hydrogen-bond donors (Lipinski definition) is 2. The highest BCUT2D eigenvalue weighted by atomic mass is 32.2. The first-order valence-electron chi connectivity index (χ1n) is 7.42. The molecule has 0 fully saturated rings. The summed E-state index contributed by atoms with van der Waals surface area (Å²) in [5.41, 5.74) is 1.46. The zero-order chi connectivity index (χ0) is 18.4. The molecule has 0 aliphatic heterocycles. The van der Waals surface area contributed by atoms with Gasteiger partial charge in [-0.3, -0.25) is 9.59 Å². The van der Waals surface area contributed by atoms with Gasteiger partial charge in [-0.25, -0.2) is 8.42 Å². The molecule has 0 aliphatic carbocycles. The van der Waals surface area contributed by atoms with Gasteiger partial charge in [-0.1, -0.05) is 12.1 Å². The Balaban J connectivity index is 2.61. The van der Waals surface area contributed by atoms with Crippen LogP contribution in [0.4, 0.5) is 5.69 Å². The second-order valence-electron chi connectivity index (χ2n) is 6.32. The molecule has 8 heteroatoms. The first-order chi connectivity index (χ1) is 11.0. The standard InChI is InChI=1S/C16H23NO5S2/c1-16(2,3)24(21,22)11-14(18)17-13-6-4-5-12(9-13)10-23-8-7-15(19)20/h4-6,9H,7-8,10-11H2,1-3H3,(H,17,18)(H,19,20). The maximum absolute atomic E-state index is 12.0. The lowest BCUT2D eigenvalue weighted by atomic mass is 10.2. The summed E-state index contributed by atoms with van der Waals surface area (Å²) in [5.74, 6) is -0.828. The number of benzene rings is 1. The van der Waals surface area contributed by atoms with Crippen molar-refractivity contribution in [1.29, 1.82) is 0 Å². The van der Waals surface area contributed by atoms with Gasteiger partial charge in [0.1, 0.15) is 5.75 Å². The number of carbonyl (C=O) groups excluding carboxylic acids is 1. The van der Waals surface area contributed by atoms with Crippen LogP contribution >= 0.6 is 11.8 Å². The van der Waals surface area contributed by atoms with Crippen molar-refractivity contribution in [2.45, 2.75) is 37.7 Å². The van der Waals surface area contributed by atoms with Crippen LogP contribution in [0.25, 0.3) is 0 Å². The second kappa shape index (κ2) is 8.53. The van der Waals surface area contributed by atoms with E-state index in [0.717, 1.165) is 5.56 Å². The van der Waals surface area contributed by atoms with Crippen LogP contribution in [0, 0.1) is 0 Å². The van der Waals surface area contributed by atoms with Crippen molar-refractivity contribution in [2.75, 3.05) is 16.8 Å². The Labute approximate surface area is 146 Å². The molecule has 0 radical (unpaired) electrons. The molecule has 24 heavy (non-hydrogen) atoms. The van der Waals surface area contributed by atoms with E-state index < -0.39 is 32.2 Å². The lowest BCUT2D eigenvalue weighted by Crippen LogP contribution is -2.35. The number of aliphatic carboxylic acids is 1. The number of carboxylic acids is 1. The topological polar surface area (TPSA) is 101 Å². The second-order valence-corrected chi connectivity index (χ2v) is 10.2. The third kappa shape index (κ3) is 6.92. The molecule has 0 saturated heterocycles. The van der Waals surface area contributed by atoms with Gasteiger partial charge in [0.25, 0.3) is 0 Å². The largest absolute Gasteiger partial charge is 0.481 e. The van der Waals surface area contributed by atoms with E-state index in [1.807, 2.05) is 6.07 Å². The fourth-order valence-electron chi connectivity index (χ4n) is 1.67. The zero-order valence-corrected chi connectivity index (χ0v) is 15.7. The van der Waals surface area contributed by atoms with Crippen molar-refractivity contribution >= 4 is 39.2 Å². The molecule has 0 heterocycles. The Morgan fingerprint density at radius 3 is 2.50 bits per heavy atom. The number of rotatable bonds is 8. The molecular weight excluding hydrogens is 350 g/mol. The Morgan fingerprint density at radius 2 is 1.92 bits per heavy atom. The third-order valence-corrected chi connectivity index (χ3v) is 6.73. The van der Waals surface area contributed by atoms with Crippen LogP contribution in [0.2, 0.25) is 0 Å². The SMILES string of the molecule is CC(C)(C)S(=O)(=O)CC(=O)Nc1cccc(CSCCC(=O)O)c1. The van der Waals surface area contributed by atoms with Crippen molar-refractivity contribution in [3.8, 4) is 0 Å². The third-order valence-electron chi connectivity index (χ3n) is 3.19. The molecule has 0 unspecified atom stereocenters. The highest BCUT2D eigenvalue weighted by molar-refractivity contribution is 7.98. The van der Waals surface area contributed by atoms with Gasteiger partial charge in [-0.05, 0) is 38.5 Å². The Hall–Kier alpha value is -1.54. The lowest BCUT2D eigenvalue weighted by molar-refractivity contribution is -0.136. The van der Waals surface area contributed by atoms with Gasteiger partial charge in [-0.15, -0.1) is 0 Å². The van der Waals surface area contributed by atoms with E-state index in [1.54, 1.807) is 39.0 Å². The number of hydrogen-bond acceptors (Lipinski definition) is 5. The molecule has 1 aromatic carbocycles. The van der Waals surface area contributed by atoms with Crippen LogP contribution in [-0.2, 0) is 25.2 Å². The molecule has 0 aromatic heterocycles. The van der Waals surface area contributed by atoms with Crippen molar-refractivity contribution in [3.05, 3.63) is 29.8 Å². The molecule has 1 aromatic rings. The average Bonchev–Trinajstić information content (AvgIpc) is 2.42. The first-order valence-corrected chi connectivity index (χ1v) is 10.2. The number of anilines is 1. The van der Waals surface area contributed by atoms with Crippen LogP contribution in [-0.4, -0.2) is 41.7 Å². The van der Waals surface area contributed by atoms with Crippen LogP contribution in [0.1, 0.15) is 32.8 Å². The molecule has 0 saturated carbocycles. The number of carboxylic acid groups (broad SMARTS) is 1. The lowest BCUT2D eigenvalue weighted by Gasteiger charge is -2.18. The van der Waals surface area contributed by atoms with E-state index in [1.165, 1.54) is 11.8 Å². The normalized spacial score (nSPS) is 12.0. The number of nitrogens with one attached hydrogen (secondary N) is 1. The molecule has 6 nitrogen and oxygen atoms in total.